The third-order valence-electron chi connectivity index (χ3n) is 5.47. The molecule has 0 radical (unpaired) electrons. The Balaban J connectivity index is 1.53. The number of rotatable bonds is 4. The highest BCUT2D eigenvalue weighted by Crippen LogP contribution is 2.38. The van der Waals surface area contributed by atoms with Gasteiger partial charge in [0.1, 0.15) is 5.69 Å². The van der Waals surface area contributed by atoms with Gasteiger partial charge in [0.25, 0.3) is 5.56 Å². The number of aromatic nitrogens is 3. The molecule has 0 bridgehead atoms. The summed E-state index contributed by atoms with van der Waals surface area (Å²) in [5, 5.41) is 14.3. The van der Waals surface area contributed by atoms with Gasteiger partial charge in [-0.25, -0.2) is 14.5 Å². The van der Waals surface area contributed by atoms with Gasteiger partial charge in [0.15, 0.2) is 0 Å². The van der Waals surface area contributed by atoms with Crippen molar-refractivity contribution in [1.29, 1.82) is 0 Å². The maximum atomic E-state index is 12.4. The summed E-state index contributed by atoms with van der Waals surface area (Å²) in [6.45, 7) is 0. The Morgan fingerprint density at radius 3 is 2.52 bits per heavy atom. The van der Waals surface area contributed by atoms with Gasteiger partial charge in [-0.3, -0.25) is 4.79 Å². The SMILES string of the molecule is O=C(O)c1ccc(-c2ccc(=O)n(C3CCC(c4cccc(Cl)c4)CC3)n2)cn1. The highest BCUT2D eigenvalue weighted by atomic mass is 35.5. The zero-order chi connectivity index (χ0) is 20.4. The number of benzene rings is 1. The van der Waals surface area contributed by atoms with E-state index in [-0.39, 0.29) is 17.3 Å². The molecule has 1 aliphatic carbocycles. The monoisotopic (exact) mass is 409 g/mol. The van der Waals surface area contributed by atoms with E-state index in [0.29, 0.717) is 17.2 Å². The smallest absolute Gasteiger partial charge is 0.354 e. The van der Waals surface area contributed by atoms with Gasteiger partial charge in [-0.2, -0.15) is 5.10 Å². The lowest BCUT2D eigenvalue weighted by molar-refractivity contribution is 0.0690. The Morgan fingerprint density at radius 2 is 1.86 bits per heavy atom. The summed E-state index contributed by atoms with van der Waals surface area (Å²) < 4.78 is 1.56. The van der Waals surface area contributed by atoms with E-state index in [0.717, 1.165) is 30.7 Å². The van der Waals surface area contributed by atoms with Gasteiger partial charge in [0, 0.05) is 22.8 Å². The lowest BCUT2D eigenvalue weighted by atomic mass is 9.82. The molecule has 1 N–H and O–H groups in total. The zero-order valence-corrected chi connectivity index (χ0v) is 16.4. The second-order valence-electron chi connectivity index (χ2n) is 7.30. The number of halogens is 1. The molecule has 148 valence electrons. The van der Waals surface area contributed by atoms with E-state index in [1.165, 1.54) is 23.9 Å². The summed E-state index contributed by atoms with van der Waals surface area (Å²) in [4.78, 5) is 27.3. The molecule has 1 aromatic carbocycles. The first kappa shape index (κ1) is 19.3. The molecule has 7 heteroatoms. The fraction of sp³-hybridized carbons (Fsp3) is 0.273. The summed E-state index contributed by atoms with van der Waals surface area (Å²) in [6, 6.07) is 14.3. The minimum Gasteiger partial charge on any atom is -0.477 e. The van der Waals surface area contributed by atoms with Gasteiger partial charge < -0.3 is 5.11 Å². The summed E-state index contributed by atoms with van der Waals surface area (Å²) in [6.07, 6.45) is 5.14. The van der Waals surface area contributed by atoms with Crippen molar-refractivity contribution in [3.05, 3.63) is 81.4 Å². The molecular weight excluding hydrogens is 390 g/mol. The van der Waals surface area contributed by atoms with Crippen molar-refractivity contribution < 1.29 is 9.90 Å². The van der Waals surface area contributed by atoms with Gasteiger partial charge in [-0.15, -0.1) is 0 Å². The van der Waals surface area contributed by atoms with Crippen LogP contribution in [0.2, 0.25) is 5.02 Å². The lowest BCUT2D eigenvalue weighted by Gasteiger charge is -2.29. The van der Waals surface area contributed by atoms with E-state index in [1.807, 2.05) is 18.2 Å². The van der Waals surface area contributed by atoms with E-state index in [2.05, 4.69) is 16.1 Å². The molecule has 0 unspecified atom stereocenters. The summed E-state index contributed by atoms with van der Waals surface area (Å²) in [7, 11) is 0. The summed E-state index contributed by atoms with van der Waals surface area (Å²) in [5.41, 5.74) is 2.37. The van der Waals surface area contributed by atoms with Gasteiger partial charge in [0.2, 0.25) is 0 Å². The fourth-order valence-electron chi connectivity index (χ4n) is 3.93. The average molecular weight is 410 g/mol. The van der Waals surface area contributed by atoms with E-state index < -0.39 is 5.97 Å². The van der Waals surface area contributed by atoms with Crippen molar-refractivity contribution in [2.75, 3.05) is 0 Å². The Kier molecular flexibility index (Phi) is 5.45. The van der Waals surface area contributed by atoms with E-state index in [4.69, 9.17) is 16.7 Å². The van der Waals surface area contributed by atoms with E-state index in [1.54, 1.807) is 16.8 Å². The Hall–Kier alpha value is -2.99. The number of carbonyl (C=O) groups is 1. The molecular formula is C22H20ClN3O3. The van der Waals surface area contributed by atoms with Gasteiger partial charge >= 0.3 is 5.97 Å². The van der Waals surface area contributed by atoms with Crippen molar-refractivity contribution in [3.8, 4) is 11.3 Å². The quantitative estimate of drug-likeness (QED) is 0.682. The average Bonchev–Trinajstić information content (AvgIpc) is 2.74. The number of pyridine rings is 1. The number of nitrogens with zero attached hydrogens (tertiary/aromatic N) is 3. The molecule has 0 aliphatic heterocycles. The van der Waals surface area contributed by atoms with Crippen molar-refractivity contribution in [1.82, 2.24) is 14.8 Å². The minimum atomic E-state index is -1.08. The molecule has 29 heavy (non-hydrogen) atoms. The Bertz CT molecular complexity index is 1090. The topological polar surface area (TPSA) is 85.1 Å². The van der Waals surface area contributed by atoms with Gasteiger partial charge in [0.05, 0.1) is 11.7 Å². The van der Waals surface area contributed by atoms with Crippen LogP contribution in [0.5, 0.6) is 0 Å². The van der Waals surface area contributed by atoms with Crippen LogP contribution in [-0.4, -0.2) is 25.8 Å². The number of aromatic carboxylic acids is 1. The Morgan fingerprint density at radius 1 is 1.07 bits per heavy atom. The largest absolute Gasteiger partial charge is 0.477 e. The van der Waals surface area contributed by atoms with E-state index >= 15 is 0 Å². The van der Waals surface area contributed by atoms with Crippen LogP contribution in [0.4, 0.5) is 0 Å². The molecule has 4 rings (SSSR count). The van der Waals surface area contributed by atoms with Gasteiger partial charge in [-0.1, -0.05) is 23.7 Å². The fourth-order valence-corrected chi connectivity index (χ4v) is 4.13. The number of carboxylic acids is 1. The zero-order valence-electron chi connectivity index (χ0n) is 15.7. The summed E-state index contributed by atoms with van der Waals surface area (Å²) in [5.74, 6) is -0.637. The minimum absolute atomic E-state index is 0.0265. The number of carboxylic acid groups (broad SMARTS) is 1. The van der Waals surface area contributed by atoms with Crippen LogP contribution >= 0.6 is 11.6 Å². The molecule has 1 fully saturated rings. The molecule has 1 aliphatic rings. The molecule has 0 atom stereocenters. The lowest BCUT2D eigenvalue weighted by Crippen LogP contribution is -2.29. The molecule has 0 amide bonds. The van der Waals surface area contributed by atoms with Crippen molar-refractivity contribution in [2.24, 2.45) is 0 Å². The highest BCUT2D eigenvalue weighted by molar-refractivity contribution is 6.30. The van der Waals surface area contributed by atoms with Crippen molar-refractivity contribution >= 4 is 17.6 Å². The first-order valence-electron chi connectivity index (χ1n) is 9.56. The van der Waals surface area contributed by atoms with E-state index in [9.17, 15) is 9.59 Å². The molecule has 2 heterocycles. The van der Waals surface area contributed by atoms with Crippen LogP contribution in [0.15, 0.2) is 59.5 Å². The molecule has 2 aromatic heterocycles. The van der Waals surface area contributed by atoms with Crippen LogP contribution < -0.4 is 5.56 Å². The van der Waals surface area contributed by atoms with Gasteiger partial charge in [-0.05, 0) is 67.5 Å². The predicted molar refractivity (Wildman–Crippen MR) is 110 cm³/mol. The Labute approximate surface area is 172 Å². The normalized spacial score (nSPS) is 19.1. The van der Waals surface area contributed by atoms with Crippen LogP contribution in [-0.2, 0) is 0 Å². The second-order valence-corrected chi connectivity index (χ2v) is 7.74. The molecule has 0 saturated heterocycles. The molecule has 0 spiro atoms. The molecule has 3 aromatic rings. The molecule has 6 nitrogen and oxygen atoms in total. The van der Waals surface area contributed by atoms with Crippen LogP contribution in [0.3, 0.4) is 0 Å². The third-order valence-corrected chi connectivity index (χ3v) is 5.70. The standard InChI is InChI=1S/C22H20ClN3O3/c23-17-3-1-2-15(12-17)14-4-7-18(8-5-14)26-21(27)11-10-19(25-26)16-6-9-20(22(28)29)24-13-16/h1-3,6,9-14,18H,4-5,7-8H2,(H,28,29). The third kappa shape index (κ3) is 4.22. The molecule has 1 saturated carbocycles. The predicted octanol–water partition coefficient (Wildman–Crippen LogP) is 4.56. The van der Waals surface area contributed by atoms with Crippen molar-refractivity contribution in [3.63, 3.8) is 0 Å². The van der Waals surface area contributed by atoms with Crippen molar-refractivity contribution in [2.45, 2.75) is 37.6 Å². The summed E-state index contributed by atoms with van der Waals surface area (Å²) >= 11 is 6.12. The maximum Gasteiger partial charge on any atom is 0.354 e. The first-order valence-corrected chi connectivity index (χ1v) is 9.94. The number of hydrogen-bond acceptors (Lipinski definition) is 4. The number of hydrogen-bond donors (Lipinski definition) is 1. The van der Waals surface area contributed by atoms with Crippen LogP contribution in [0, 0.1) is 0 Å². The second kappa shape index (κ2) is 8.17. The van der Waals surface area contributed by atoms with Crippen LogP contribution in [0.25, 0.3) is 11.3 Å². The maximum absolute atomic E-state index is 12.4. The first-order chi connectivity index (χ1) is 14.0. The van der Waals surface area contributed by atoms with Crippen LogP contribution in [0.1, 0.15) is 53.7 Å². The highest BCUT2D eigenvalue weighted by Gasteiger charge is 2.25.